The van der Waals surface area contributed by atoms with Crippen LogP contribution in [0.3, 0.4) is 0 Å². The molecule has 0 radical (unpaired) electrons. The number of likely N-dealkylation sites (tertiary alicyclic amines) is 2. The van der Waals surface area contributed by atoms with Crippen LogP contribution in [0.15, 0.2) is 0 Å². The first-order chi connectivity index (χ1) is 9.83. The molecule has 1 unspecified atom stereocenters. The van der Waals surface area contributed by atoms with Gasteiger partial charge in [0.25, 0.3) is 0 Å². The van der Waals surface area contributed by atoms with E-state index in [2.05, 4.69) is 0 Å². The molecule has 2 rings (SSSR count). The minimum absolute atomic E-state index is 0.0627. The van der Waals surface area contributed by atoms with E-state index < -0.39 is 11.4 Å². The Morgan fingerprint density at radius 3 is 2.43 bits per heavy atom. The summed E-state index contributed by atoms with van der Waals surface area (Å²) in [7, 11) is 0. The molecule has 21 heavy (non-hydrogen) atoms. The number of imide groups is 1. The molecule has 2 saturated heterocycles. The normalized spacial score (nSPS) is 26.3. The zero-order valence-corrected chi connectivity index (χ0v) is 12.1. The molecule has 1 atom stereocenters. The summed E-state index contributed by atoms with van der Waals surface area (Å²) in [6.07, 6.45) is 1.69. The van der Waals surface area contributed by atoms with E-state index in [0.717, 1.165) is 4.90 Å². The Labute approximate surface area is 122 Å². The number of carbonyl (C=O) groups excluding carboxylic acids is 3. The predicted octanol–water partition coefficient (Wildman–Crippen LogP) is 0.239. The molecule has 0 aromatic rings. The molecule has 7 heteroatoms. The summed E-state index contributed by atoms with van der Waals surface area (Å²) < 4.78 is 0. The van der Waals surface area contributed by atoms with Gasteiger partial charge in [-0.25, -0.2) is 0 Å². The lowest BCUT2D eigenvalue weighted by molar-refractivity contribution is -0.153. The lowest BCUT2D eigenvalue weighted by Crippen LogP contribution is -2.49. The zero-order valence-electron chi connectivity index (χ0n) is 12.1. The minimum Gasteiger partial charge on any atom is -0.481 e. The van der Waals surface area contributed by atoms with Crippen LogP contribution in [-0.2, 0) is 19.2 Å². The molecule has 0 aromatic heterocycles. The third-order valence-corrected chi connectivity index (χ3v) is 4.27. The Morgan fingerprint density at radius 2 is 1.86 bits per heavy atom. The summed E-state index contributed by atoms with van der Waals surface area (Å²) in [5, 5.41) is 9.23. The quantitative estimate of drug-likeness (QED) is 0.750. The number of carboxylic acid groups (broad SMARTS) is 1. The first-order valence-electron chi connectivity index (χ1n) is 7.18. The molecule has 0 aliphatic carbocycles. The molecule has 116 valence electrons. The molecule has 2 heterocycles. The Balaban J connectivity index is 1.90. The third-order valence-electron chi connectivity index (χ3n) is 4.27. The van der Waals surface area contributed by atoms with Gasteiger partial charge >= 0.3 is 5.97 Å². The maximum Gasteiger partial charge on any atom is 0.311 e. The fraction of sp³-hybridized carbons (Fsp3) is 0.714. The molecule has 0 aromatic carbocycles. The number of carbonyl (C=O) groups is 4. The van der Waals surface area contributed by atoms with Crippen molar-refractivity contribution in [2.24, 2.45) is 5.41 Å². The number of hydrogen-bond acceptors (Lipinski definition) is 4. The molecule has 2 fully saturated rings. The van der Waals surface area contributed by atoms with Gasteiger partial charge in [0.2, 0.25) is 17.7 Å². The molecule has 3 amide bonds. The second kappa shape index (κ2) is 5.83. The van der Waals surface area contributed by atoms with Crippen molar-refractivity contribution in [1.82, 2.24) is 9.80 Å². The van der Waals surface area contributed by atoms with Crippen LogP contribution in [0.5, 0.6) is 0 Å². The number of carboxylic acids is 1. The summed E-state index contributed by atoms with van der Waals surface area (Å²) in [5.41, 5.74) is -0.910. The SMILES string of the molecule is CC1(C(=O)O)CCCN(C(=O)CCN2C(=O)CCC2=O)C1. The van der Waals surface area contributed by atoms with Crippen LogP contribution >= 0.6 is 0 Å². The van der Waals surface area contributed by atoms with E-state index in [9.17, 15) is 24.3 Å². The minimum atomic E-state index is -0.910. The van der Waals surface area contributed by atoms with E-state index in [1.54, 1.807) is 6.92 Å². The molecular weight excluding hydrogens is 276 g/mol. The Kier molecular flexibility index (Phi) is 4.29. The number of piperidine rings is 1. The van der Waals surface area contributed by atoms with E-state index in [1.165, 1.54) is 4.90 Å². The molecule has 7 nitrogen and oxygen atoms in total. The fourth-order valence-corrected chi connectivity index (χ4v) is 2.86. The van der Waals surface area contributed by atoms with E-state index in [-0.39, 0.29) is 50.1 Å². The van der Waals surface area contributed by atoms with Crippen molar-refractivity contribution >= 4 is 23.7 Å². The van der Waals surface area contributed by atoms with Crippen LogP contribution in [0.25, 0.3) is 0 Å². The second-order valence-electron chi connectivity index (χ2n) is 5.97. The van der Waals surface area contributed by atoms with Gasteiger partial charge in [0.1, 0.15) is 0 Å². The van der Waals surface area contributed by atoms with Crippen molar-refractivity contribution in [3.05, 3.63) is 0 Å². The summed E-state index contributed by atoms with van der Waals surface area (Å²) in [5.74, 6) is -1.57. The van der Waals surface area contributed by atoms with Crippen LogP contribution < -0.4 is 0 Å². The maximum atomic E-state index is 12.2. The highest BCUT2D eigenvalue weighted by molar-refractivity contribution is 6.02. The smallest absolute Gasteiger partial charge is 0.311 e. The van der Waals surface area contributed by atoms with Gasteiger partial charge in [-0.3, -0.25) is 24.1 Å². The number of nitrogens with zero attached hydrogens (tertiary/aromatic N) is 2. The van der Waals surface area contributed by atoms with Gasteiger partial charge in [-0.1, -0.05) is 0 Å². The number of amides is 3. The predicted molar refractivity (Wildman–Crippen MR) is 72.1 cm³/mol. The van der Waals surface area contributed by atoms with Crippen LogP contribution in [0.2, 0.25) is 0 Å². The first-order valence-corrected chi connectivity index (χ1v) is 7.18. The van der Waals surface area contributed by atoms with Crippen LogP contribution in [0.1, 0.15) is 39.0 Å². The van der Waals surface area contributed by atoms with Gasteiger partial charge in [0.15, 0.2) is 0 Å². The molecule has 0 bridgehead atoms. The average Bonchev–Trinajstić information content (AvgIpc) is 2.75. The van der Waals surface area contributed by atoms with Crippen molar-refractivity contribution in [3.63, 3.8) is 0 Å². The molecule has 0 saturated carbocycles. The topological polar surface area (TPSA) is 95.0 Å². The molecule has 2 aliphatic heterocycles. The van der Waals surface area contributed by atoms with Gasteiger partial charge in [0, 0.05) is 38.9 Å². The van der Waals surface area contributed by atoms with E-state index in [1.807, 2.05) is 0 Å². The van der Waals surface area contributed by atoms with E-state index >= 15 is 0 Å². The van der Waals surface area contributed by atoms with Gasteiger partial charge in [-0.15, -0.1) is 0 Å². The monoisotopic (exact) mass is 296 g/mol. The molecule has 0 spiro atoms. The fourth-order valence-electron chi connectivity index (χ4n) is 2.86. The standard InChI is InChI=1S/C14H20N2O5/c1-14(13(20)21)6-2-7-15(9-14)10(17)5-8-16-11(18)3-4-12(16)19/h2-9H2,1H3,(H,20,21). The van der Waals surface area contributed by atoms with E-state index in [4.69, 9.17) is 0 Å². The van der Waals surface area contributed by atoms with Gasteiger partial charge < -0.3 is 10.0 Å². The largest absolute Gasteiger partial charge is 0.481 e. The van der Waals surface area contributed by atoms with Crippen molar-refractivity contribution < 1.29 is 24.3 Å². The summed E-state index contributed by atoms with van der Waals surface area (Å²) in [4.78, 5) is 49.0. The van der Waals surface area contributed by atoms with Crippen LogP contribution in [-0.4, -0.2) is 58.2 Å². The molecular formula is C14H20N2O5. The Morgan fingerprint density at radius 1 is 1.24 bits per heavy atom. The zero-order chi connectivity index (χ0) is 15.6. The molecule has 1 N–H and O–H groups in total. The summed E-state index contributed by atoms with van der Waals surface area (Å²) in [6, 6.07) is 0. The number of hydrogen-bond donors (Lipinski definition) is 1. The highest BCUT2D eigenvalue weighted by atomic mass is 16.4. The van der Waals surface area contributed by atoms with Gasteiger partial charge in [-0.2, -0.15) is 0 Å². The van der Waals surface area contributed by atoms with Crippen molar-refractivity contribution in [2.75, 3.05) is 19.6 Å². The van der Waals surface area contributed by atoms with Gasteiger partial charge in [0.05, 0.1) is 5.41 Å². The molecule has 2 aliphatic rings. The lowest BCUT2D eigenvalue weighted by Gasteiger charge is -2.37. The Bertz CT molecular complexity index is 474. The number of rotatable bonds is 4. The van der Waals surface area contributed by atoms with Crippen LogP contribution in [0.4, 0.5) is 0 Å². The average molecular weight is 296 g/mol. The number of aliphatic carboxylic acids is 1. The Hall–Kier alpha value is -1.92. The van der Waals surface area contributed by atoms with E-state index in [0.29, 0.717) is 19.4 Å². The third kappa shape index (κ3) is 3.22. The highest BCUT2D eigenvalue weighted by Crippen LogP contribution is 2.30. The van der Waals surface area contributed by atoms with Crippen molar-refractivity contribution in [2.45, 2.75) is 39.0 Å². The maximum absolute atomic E-state index is 12.2. The van der Waals surface area contributed by atoms with Crippen LogP contribution in [0, 0.1) is 5.41 Å². The van der Waals surface area contributed by atoms with Gasteiger partial charge in [-0.05, 0) is 19.8 Å². The lowest BCUT2D eigenvalue weighted by atomic mass is 9.82. The summed E-state index contributed by atoms with van der Waals surface area (Å²) >= 11 is 0. The van der Waals surface area contributed by atoms with Crippen molar-refractivity contribution in [1.29, 1.82) is 0 Å². The first kappa shape index (κ1) is 15.5. The van der Waals surface area contributed by atoms with Crippen molar-refractivity contribution in [3.8, 4) is 0 Å². The second-order valence-corrected chi connectivity index (χ2v) is 5.97. The highest BCUT2D eigenvalue weighted by Gasteiger charge is 2.39. The summed E-state index contributed by atoms with van der Waals surface area (Å²) in [6.45, 7) is 2.45.